The molecule has 160 valence electrons. The van der Waals surface area contributed by atoms with E-state index in [-0.39, 0.29) is 23.9 Å². The molecule has 0 aromatic heterocycles. The average molecular weight is 419 g/mol. The molecule has 2 unspecified atom stereocenters. The Morgan fingerprint density at radius 2 is 1.45 bits per heavy atom. The van der Waals surface area contributed by atoms with Gasteiger partial charge in [-0.3, -0.25) is 4.90 Å². The SMILES string of the molecule is NC(c1ccccc1)C(c1ccccc1)N1CCN(C(=O)Nc2cccc(F)c2)CC1. The zero-order valence-corrected chi connectivity index (χ0v) is 17.3. The van der Waals surface area contributed by atoms with E-state index in [0.717, 1.165) is 11.1 Å². The molecule has 1 aliphatic heterocycles. The maximum Gasteiger partial charge on any atom is 0.321 e. The minimum absolute atomic E-state index is 0.0111. The lowest BCUT2D eigenvalue weighted by molar-refractivity contribution is 0.100. The van der Waals surface area contributed by atoms with Crippen molar-refractivity contribution in [3.63, 3.8) is 0 Å². The first-order valence-electron chi connectivity index (χ1n) is 10.5. The number of urea groups is 1. The molecule has 3 aromatic rings. The Hall–Kier alpha value is -3.22. The number of hydrogen-bond donors (Lipinski definition) is 2. The predicted molar refractivity (Wildman–Crippen MR) is 121 cm³/mol. The molecule has 3 N–H and O–H groups in total. The summed E-state index contributed by atoms with van der Waals surface area (Å²) in [4.78, 5) is 16.7. The quantitative estimate of drug-likeness (QED) is 0.645. The highest BCUT2D eigenvalue weighted by Crippen LogP contribution is 2.33. The molecule has 0 radical (unpaired) electrons. The lowest BCUT2D eigenvalue weighted by Gasteiger charge is -2.41. The highest BCUT2D eigenvalue weighted by atomic mass is 19.1. The predicted octanol–water partition coefficient (Wildman–Crippen LogP) is 4.42. The van der Waals surface area contributed by atoms with Crippen molar-refractivity contribution < 1.29 is 9.18 Å². The van der Waals surface area contributed by atoms with Gasteiger partial charge in [0.05, 0.1) is 6.04 Å². The molecule has 0 bridgehead atoms. The summed E-state index contributed by atoms with van der Waals surface area (Å²) in [5.41, 5.74) is 9.45. The molecule has 31 heavy (non-hydrogen) atoms. The number of hydrogen-bond acceptors (Lipinski definition) is 3. The first-order chi connectivity index (χ1) is 15.1. The van der Waals surface area contributed by atoms with Crippen LogP contribution in [-0.4, -0.2) is 42.0 Å². The fourth-order valence-corrected chi connectivity index (χ4v) is 4.12. The van der Waals surface area contributed by atoms with Crippen LogP contribution in [0.2, 0.25) is 0 Å². The van der Waals surface area contributed by atoms with Crippen LogP contribution in [0.25, 0.3) is 0 Å². The highest BCUT2D eigenvalue weighted by Gasteiger charge is 2.31. The Balaban J connectivity index is 1.46. The van der Waals surface area contributed by atoms with Crippen LogP contribution < -0.4 is 11.1 Å². The third-order valence-electron chi connectivity index (χ3n) is 5.74. The van der Waals surface area contributed by atoms with Gasteiger partial charge in [0, 0.05) is 37.9 Å². The minimum atomic E-state index is -0.372. The van der Waals surface area contributed by atoms with Crippen LogP contribution in [0.3, 0.4) is 0 Å². The van der Waals surface area contributed by atoms with Crippen LogP contribution in [0.4, 0.5) is 14.9 Å². The third-order valence-corrected chi connectivity index (χ3v) is 5.74. The minimum Gasteiger partial charge on any atom is -0.322 e. The second-order valence-electron chi connectivity index (χ2n) is 7.76. The van der Waals surface area contributed by atoms with Gasteiger partial charge in [-0.15, -0.1) is 0 Å². The Morgan fingerprint density at radius 3 is 2.06 bits per heavy atom. The molecule has 0 spiro atoms. The summed E-state index contributed by atoms with van der Waals surface area (Å²) in [6, 6.07) is 25.9. The number of rotatable bonds is 5. The standard InChI is InChI=1S/C25H27FN4O/c26-21-12-7-13-22(18-21)28-25(31)30-16-14-29(15-17-30)24(20-10-5-2-6-11-20)23(27)19-8-3-1-4-9-19/h1-13,18,23-24H,14-17,27H2,(H,28,31). The van der Waals surface area contributed by atoms with Gasteiger partial charge in [-0.25, -0.2) is 9.18 Å². The van der Waals surface area contributed by atoms with Crippen molar-refractivity contribution in [3.05, 3.63) is 102 Å². The topological polar surface area (TPSA) is 61.6 Å². The molecule has 2 amide bonds. The number of benzene rings is 3. The Bertz CT molecular complexity index is 991. The smallest absolute Gasteiger partial charge is 0.321 e. The zero-order chi connectivity index (χ0) is 21.6. The maximum atomic E-state index is 13.4. The average Bonchev–Trinajstić information content (AvgIpc) is 2.81. The summed E-state index contributed by atoms with van der Waals surface area (Å²) < 4.78 is 13.4. The van der Waals surface area contributed by atoms with E-state index >= 15 is 0 Å². The first-order valence-corrected chi connectivity index (χ1v) is 10.5. The van der Waals surface area contributed by atoms with Crippen LogP contribution in [0.1, 0.15) is 23.2 Å². The normalized spacial score (nSPS) is 16.5. The summed E-state index contributed by atoms with van der Waals surface area (Å²) in [5.74, 6) is -0.372. The molecular formula is C25H27FN4O. The Kier molecular flexibility index (Phi) is 6.60. The largest absolute Gasteiger partial charge is 0.322 e. The van der Waals surface area contributed by atoms with Gasteiger partial charge in [-0.05, 0) is 29.3 Å². The van der Waals surface area contributed by atoms with Gasteiger partial charge in [0.15, 0.2) is 0 Å². The van der Waals surface area contributed by atoms with E-state index in [4.69, 9.17) is 5.73 Å². The van der Waals surface area contributed by atoms with Gasteiger partial charge < -0.3 is 16.0 Å². The number of nitrogens with two attached hydrogens (primary N) is 1. The number of amides is 2. The lowest BCUT2D eigenvalue weighted by atomic mass is 9.92. The maximum absolute atomic E-state index is 13.4. The number of carbonyl (C=O) groups excluding carboxylic acids is 1. The number of halogens is 1. The first kappa shape index (κ1) is 21.0. The second kappa shape index (κ2) is 9.73. The van der Waals surface area contributed by atoms with E-state index in [1.807, 2.05) is 36.4 Å². The van der Waals surface area contributed by atoms with Gasteiger partial charge in [0.1, 0.15) is 5.82 Å². The van der Waals surface area contributed by atoms with Crippen molar-refractivity contribution in [3.8, 4) is 0 Å². The number of carbonyl (C=O) groups is 1. The van der Waals surface area contributed by atoms with Crippen molar-refractivity contribution in [2.45, 2.75) is 12.1 Å². The molecular weight excluding hydrogens is 391 g/mol. The van der Waals surface area contributed by atoms with Crippen molar-refractivity contribution in [2.24, 2.45) is 5.73 Å². The summed E-state index contributed by atoms with van der Waals surface area (Å²) >= 11 is 0. The number of anilines is 1. The molecule has 6 heteroatoms. The third kappa shape index (κ3) is 5.10. The molecule has 1 aliphatic rings. The Labute approximate surface area is 182 Å². The molecule has 3 aromatic carbocycles. The fourth-order valence-electron chi connectivity index (χ4n) is 4.12. The number of nitrogens with zero attached hydrogens (tertiary/aromatic N) is 2. The van der Waals surface area contributed by atoms with Crippen molar-refractivity contribution >= 4 is 11.7 Å². The monoisotopic (exact) mass is 418 g/mol. The van der Waals surface area contributed by atoms with E-state index in [9.17, 15) is 9.18 Å². The van der Waals surface area contributed by atoms with Gasteiger partial charge in [-0.2, -0.15) is 0 Å². The zero-order valence-electron chi connectivity index (χ0n) is 17.3. The lowest BCUT2D eigenvalue weighted by Crippen LogP contribution is -2.52. The number of piperazine rings is 1. The van der Waals surface area contributed by atoms with Gasteiger partial charge >= 0.3 is 6.03 Å². The molecule has 1 saturated heterocycles. The van der Waals surface area contributed by atoms with Crippen molar-refractivity contribution in [1.82, 2.24) is 9.80 Å². The van der Waals surface area contributed by atoms with Crippen LogP contribution in [0.15, 0.2) is 84.9 Å². The van der Waals surface area contributed by atoms with Crippen LogP contribution in [0.5, 0.6) is 0 Å². The second-order valence-corrected chi connectivity index (χ2v) is 7.76. The molecule has 0 saturated carbocycles. The van der Waals surface area contributed by atoms with Crippen LogP contribution >= 0.6 is 0 Å². The summed E-state index contributed by atoms with van der Waals surface area (Å²) in [6.07, 6.45) is 0. The molecule has 1 heterocycles. The Morgan fingerprint density at radius 1 is 0.839 bits per heavy atom. The van der Waals surface area contributed by atoms with Crippen molar-refractivity contribution in [1.29, 1.82) is 0 Å². The van der Waals surface area contributed by atoms with E-state index in [0.29, 0.717) is 31.9 Å². The van der Waals surface area contributed by atoms with Gasteiger partial charge in [0.25, 0.3) is 0 Å². The summed E-state index contributed by atoms with van der Waals surface area (Å²) in [5, 5.41) is 2.78. The van der Waals surface area contributed by atoms with Gasteiger partial charge in [0.2, 0.25) is 0 Å². The summed E-state index contributed by atoms with van der Waals surface area (Å²) in [7, 11) is 0. The van der Waals surface area contributed by atoms with E-state index in [1.54, 1.807) is 17.0 Å². The van der Waals surface area contributed by atoms with Crippen molar-refractivity contribution in [2.75, 3.05) is 31.5 Å². The molecule has 4 rings (SSSR count). The molecule has 1 fully saturated rings. The summed E-state index contributed by atoms with van der Waals surface area (Å²) in [6.45, 7) is 2.56. The fraction of sp³-hybridized carbons (Fsp3) is 0.240. The van der Waals surface area contributed by atoms with E-state index < -0.39 is 0 Å². The molecule has 5 nitrogen and oxygen atoms in total. The molecule has 0 aliphatic carbocycles. The van der Waals surface area contributed by atoms with Gasteiger partial charge in [-0.1, -0.05) is 66.7 Å². The van der Waals surface area contributed by atoms with Crippen LogP contribution in [0, 0.1) is 5.82 Å². The van der Waals surface area contributed by atoms with E-state index in [2.05, 4.69) is 34.5 Å². The van der Waals surface area contributed by atoms with E-state index in [1.165, 1.54) is 12.1 Å². The highest BCUT2D eigenvalue weighted by molar-refractivity contribution is 5.89. The van der Waals surface area contributed by atoms with Crippen LogP contribution in [-0.2, 0) is 0 Å². The molecule has 2 atom stereocenters. The number of nitrogens with one attached hydrogen (secondary N) is 1.